The number of halogens is 1. The van der Waals surface area contributed by atoms with Crippen LogP contribution in [0.15, 0.2) is 35.9 Å². The van der Waals surface area contributed by atoms with E-state index >= 15 is 0 Å². The van der Waals surface area contributed by atoms with Gasteiger partial charge >= 0.3 is 0 Å². The highest BCUT2D eigenvalue weighted by Crippen LogP contribution is 2.39. The first-order chi connectivity index (χ1) is 8.84. The number of benzene rings is 1. The molecule has 0 spiro atoms. The number of alkyl halides is 1. The average Bonchev–Trinajstić information content (AvgIpc) is 2.36. The number of aliphatic hydroxyl groups is 1. The van der Waals surface area contributed by atoms with Gasteiger partial charge in [-0.15, -0.1) is 11.6 Å². The Morgan fingerprint density at radius 1 is 1.26 bits per heavy atom. The maximum absolute atomic E-state index is 12.2. The van der Waals surface area contributed by atoms with E-state index in [1.807, 2.05) is 0 Å². The minimum atomic E-state index is -0.800. The van der Waals surface area contributed by atoms with Gasteiger partial charge in [0.25, 0.3) is 0 Å². The van der Waals surface area contributed by atoms with Crippen molar-refractivity contribution in [2.45, 2.75) is 25.6 Å². The summed E-state index contributed by atoms with van der Waals surface area (Å²) in [6, 6.07) is 8.54. The Morgan fingerprint density at radius 3 is 2.42 bits per heavy atom. The predicted molar refractivity (Wildman–Crippen MR) is 74.0 cm³/mol. The summed E-state index contributed by atoms with van der Waals surface area (Å²) in [5.74, 6) is -1.13. The van der Waals surface area contributed by atoms with Crippen LogP contribution in [0.1, 0.15) is 25.8 Å². The van der Waals surface area contributed by atoms with Crippen LogP contribution < -0.4 is 0 Å². The molecule has 100 valence electrons. The van der Waals surface area contributed by atoms with E-state index in [2.05, 4.69) is 0 Å². The summed E-state index contributed by atoms with van der Waals surface area (Å²) >= 11 is 6.10. The highest BCUT2D eigenvalue weighted by atomic mass is 35.5. The standard InChI is InChI=1S/C15H15ClO3/c1-15(2)8-10(17)11(13(19)14(15)16)12(18)9-6-4-3-5-7-9/h3-7,14,18H,8H2,1-2H3/t14-/m0/s1. The lowest BCUT2D eigenvalue weighted by Gasteiger charge is -2.33. The number of hydrogen-bond donors (Lipinski definition) is 1. The number of carbonyl (C=O) groups is 2. The van der Waals surface area contributed by atoms with E-state index in [-0.39, 0.29) is 23.5 Å². The average molecular weight is 279 g/mol. The molecule has 1 fully saturated rings. The quantitative estimate of drug-likeness (QED) is 0.372. The number of aliphatic hydroxyl groups excluding tert-OH is 1. The van der Waals surface area contributed by atoms with Gasteiger partial charge in [-0.2, -0.15) is 0 Å². The molecular weight excluding hydrogens is 264 g/mol. The molecule has 3 nitrogen and oxygen atoms in total. The molecule has 0 saturated heterocycles. The molecule has 0 radical (unpaired) electrons. The molecule has 1 aromatic carbocycles. The van der Waals surface area contributed by atoms with Crippen LogP contribution in [0.4, 0.5) is 0 Å². The SMILES string of the molecule is CC1(C)CC(=O)C(=C(O)c2ccccc2)C(=O)[C@@H]1Cl. The van der Waals surface area contributed by atoms with Gasteiger partial charge in [0.2, 0.25) is 0 Å². The van der Waals surface area contributed by atoms with Crippen molar-refractivity contribution in [1.29, 1.82) is 0 Å². The molecule has 4 heteroatoms. The van der Waals surface area contributed by atoms with Crippen molar-refractivity contribution in [3.63, 3.8) is 0 Å². The Morgan fingerprint density at radius 2 is 1.84 bits per heavy atom. The van der Waals surface area contributed by atoms with Gasteiger partial charge in [-0.3, -0.25) is 9.59 Å². The Bertz CT molecular complexity index is 558. The van der Waals surface area contributed by atoms with Crippen LogP contribution in [0.25, 0.3) is 5.76 Å². The monoisotopic (exact) mass is 278 g/mol. The molecule has 0 aromatic heterocycles. The summed E-state index contributed by atoms with van der Waals surface area (Å²) in [5, 5.41) is 9.35. The number of carbonyl (C=O) groups excluding carboxylic acids is 2. The second kappa shape index (κ2) is 4.82. The molecule has 0 amide bonds. The fourth-order valence-electron chi connectivity index (χ4n) is 2.20. The molecule has 1 N–H and O–H groups in total. The van der Waals surface area contributed by atoms with Gasteiger partial charge in [-0.25, -0.2) is 0 Å². The van der Waals surface area contributed by atoms with Crippen LogP contribution in [0.5, 0.6) is 0 Å². The third-order valence-electron chi connectivity index (χ3n) is 3.34. The lowest BCUT2D eigenvalue weighted by Crippen LogP contribution is -2.42. The first-order valence-electron chi connectivity index (χ1n) is 6.05. The summed E-state index contributed by atoms with van der Waals surface area (Å²) in [6.45, 7) is 3.55. The fraction of sp³-hybridized carbons (Fsp3) is 0.333. The van der Waals surface area contributed by atoms with Gasteiger partial charge in [-0.05, 0) is 5.41 Å². The van der Waals surface area contributed by atoms with E-state index in [0.717, 1.165) is 0 Å². The van der Waals surface area contributed by atoms with Crippen LogP contribution in [0, 0.1) is 5.41 Å². The number of Topliss-reactive ketones (excluding diaryl/α,β-unsaturated/α-hetero) is 2. The van der Waals surface area contributed by atoms with Gasteiger partial charge in [0.05, 0.1) is 0 Å². The molecule has 2 rings (SSSR count). The van der Waals surface area contributed by atoms with Crippen molar-refractivity contribution in [2.75, 3.05) is 0 Å². The number of allylic oxidation sites excluding steroid dienone is 1. The third kappa shape index (κ3) is 2.43. The van der Waals surface area contributed by atoms with E-state index in [1.54, 1.807) is 44.2 Å². The van der Waals surface area contributed by atoms with Crippen molar-refractivity contribution in [1.82, 2.24) is 0 Å². The molecule has 19 heavy (non-hydrogen) atoms. The highest BCUT2D eigenvalue weighted by molar-refractivity contribution is 6.41. The molecule has 1 aliphatic rings. The van der Waals surface area contributed by atoms with Crippen molar-refractivity contribution in [3.05, 3.63) is 41.5 Å². The summed E-state index contributed by atoms with van der Waals surface area (Å²) in [5.41, 5.74) is -0.316. The zero-order chi connectivity index (χ0) is 14.2. The summed E-state index contributed by atoms with van der Waals surface area (Å²) in [7, 11) is 0. The highest BCUT2D eigenvalue weighted by Gasteiger charge is 2.45. The Kier molecular flexibility index (Phi) is 3.50. The van der Waals surface area contributed by atoms with E-state index in [9.17, 15) is 14.7 Å². The van der Waals surface area contributed by atoms with Crippen molar-refractivity contribution >= 4 is 28.9 Å². The molecule has 0 aliphatic heterocycles. The Balaban J connectivity index is 2.50. The summed E-state index contributed by atoms with van der Waals surface area (Å²) < 4.78 is 0. The molecule has 1 aromatic rings. The summed E-state index contributed by atoms with van der Waals surface area (Å²) in [4.78, 5) is 24.3. The second-order valence-electron chi connectivity index (χ2n) is 5.40. The molecule has 1 saturated carbocycles. The second-order valence-corrected chi connectivity index (χ2v) is 5.84. The number of ketones is 2. The van der Waals surface area contributed by atoms with Crippen LogP contribution >= 0.6 is 11.6 Å². The molecule has 0 bridgehead atoms. The summed E-state index contributed by atoms with van der Waals surface area (Å²) in [6.07, 6.45) is 0.152. The van der Waals surface area contributed by atoms with Crippen LogP contribution in [0.3, 0.4) is 0 Å². The molecule has 0 heterocycles. The van der Waals surface area contributed by atoms with Gasteiger partial charge < -0.3 is 5.11 Å². The van der Waals surface area contributed by atoms with Crippen LogP contribution in [0.2, 0.25) is 0 Å². The maximum atomic E-state index is 12.2. The number of rotatable bonds is 1. The smallest absolute Gasteiger partial charge is 0.188 e. The fourth-order valence-corrected chi connectivity index (χ4v) is 2.39. The lowest BCUT2D eigenvalue weighted by molar-refractivity contribution is -0.127. The first kappa shape index (κ1) is 13.8. The Hall–Kier alpha value is -1.61. The Labute approximate surface area is 116 Å². The molecule has 1 aliphatic carbocycles. The molecule has 1 atom stereocenters. The molecule has 0 unspecified atom stereocenters. The van der Waals surface area contributed by atoms with E-state index in [1.165, 1.54) is 0 Å². The minimum Gasteiger partial charge on any atom is -0.506 e. The topological polar surface area (TPSA) is 54.4 Å². The van der Waals surface area contributed by atoms with E-state index < -0.39 is 16.6 Å². The van der Waals surface area contributed by atoms with E-state index in [4.69, 9.17) is 11.6 Å². The maximum Gasteiger partial charge on any atom is 0.188 e. The van der Waals surface area contributed by atoms with Gasteiger partial charge in [-0.1, -0.05) is 44.2 Å². The van der Waals surface area contributed by atoms with Crippen molar-refractivity contribution < 1.29 is 14.7 Å². The predicted octanol–water partition coefficient (Wildman–Crippen LogP) is 3.13. The van der Waals surface area contributed by atoms with Gasteiger partial charge in [0.15, 0.2) is 11.6 Å². The van der Waals surface area contributed by atoms with E-state index in [0.29, 0.717) is 5.56 Å². The first-order valence-corrected chi connectivity index (χ1v) is 6.48. The van der Waals surface area contributed by atoms with Crippen LogP contribution in [-0.2, 0) is 9.59 Å². The normalized spacial score (nSPS) is 25.3. The largest absolute Gasteiger partial charge is 0.506 e. The van der Waals surface area contributed by atoms with Gasteiger partial charge in [0, 0.05) is 12.0 Å². The lowest BCUT2D eigenvalue weighted by atomic mass is 9.73. The van der Waals surface area contributed by atoms with Gasteiger partial charge in [0.1, 0.15) is 16.7 Å². The molecular formula is C15H15ClO3. The number of hydrogen-bond acceptors (Lipinski definition) is 3. The third-order valence-corrected chi connectivity index (χ3v) is 4.13. The zero-order valence-corrected chi connectivity index (χ0v) is 11.6. The minimum absolute atomic E-state index is 0.152. The van der Waals surface area contributed by atoms with Crippen LogP contribution in [-0.4, -0.2) is 22.1 Å². The van der Waals surface area contributed by atoms with Crippen molar-refractivity contribution in [3.8, 4) is 0 Å². The van der Waals surface area contributed by atoms with Crippen molar-refractivity contribution in [2.24, 2.45) is 5.41 Å². The zero-order valence-electron chi connectivity index (χ0n) is 10.8.